The van der Waals surface area contributed by atoms with E-state index >= 15 is 0 Å². The highest BCUT2D eigenvalue weighted by molar-refractivity contribution is 9.10. The van der Waals surface area contributed by atoms with Crippen LogP contribution in [0.25, 0.3) is 11.4 Å². The summed E-state index contributed by atoms with van der Waals surface area (Å²) in [5.74, 6) is 0.311. The second-order valence-electron chi connectivity index (χ2n) is 5.47. The van der Waals surface area contributed by atoms with Crippen LogP contribution in [0.5, 0.6) is 0 Å². The van der Waals surface area contributed by atoms with Crippen LogP contribution in [0.4, 0.5) is 5.69 Å². The Morgan fingerprint density at radius 2 is 1.96 bits per heavy atom. The summed E-state index contributed by atoms with van der Waals surface area (Å²) in [6.45, 7) is 3.96. The lowest BCUT2D eigenvalue weighted by Gasteiger charge is -2.06. The Labute approximate surface area is 148 Å². The molecule has 0 atom stereocenters. The van der Waals surface area contributed by atoms with Gasteiger partial charge < -0.3 is 5.32 Å². The molecule has 7 heteroatoms. The van der Waals surface area contributed by atoms with E-state index in [1.54, 1.807) is 0 Å². The Balaban J connectivity index is 1.69. The molecule has 1 N–H and O–H groups in total. The molecule has 24 heavy (non-hydrogen) atoms. The zero-order valence-corrected chi connectivity index (χ0v) is 14.9. The summed E-state index contributed by atoms with van der Waals surface area (Å²) in [5.41, 5.74) is 3.76. The molecule has 0 bridgehead atoms. The summed E-state index contributed by atoms with van der Waals surface area (Å²) in [7, 11) is 0. The molecule has 6 nitrogen and oxygen atoms in total. The molecule has 0 saturated heterocycles. The van der Waals surface area contributed by atoms with Gasteiger partial charge in [-0.3, -0.25) is 4.79 Å². The summed E-state index contributed by atoms with van der Waals surface area (Å²) in [6.07, 6.45) is 0. The first-order valence-electron chi connectivity index (χ1n) is 7.43. The highest BCUT2D eigenvalue weighted by Gasteiger charge is 2.11. The second kappa shape index (κ2) is 6.92. The Bertz CT molecular complexity index is 890. The maximum Gasteiger partial charge on any atom is 0.248 e. The lowest BCUT2D eigenvalue weighted by atomic mass is 10.1. The minimum Gasteiger partial charge on any atom is -0.324 e. The number of nitrogens with zero attached hydrogens (tertiary/aromatic N) is 4. The molecule has 0 aliphatic rings. The van der Waals surface area contributed by atoms with E-state index in [0.29, 0.717) is 5.82 Å². The van der Waals surface area contributed by atoms with E-state index < -0.39 is 0 Å². The molecule has 0 aliphatic carbocycles. The number of anilines is 1. The average molecular weight is 386 g/mol. The number of hydrogen-bond acceptors (Lipinski definition) is 4. The second-order valence-corrected chi connectivity index (χ2v) is 6.32. The van der Waals surface area contributed by atoms with Crippen molar-refractivity contribution in [2.45, 2.75) is 20.4 Å². The zero-order valence-electron chi connectivity index (χ0n) is 13.3. The van der Waals surface area contributed by atoms with Gasteiger partial charge in [0.15, 0.2) is 0 Å². The molecule has 0 aliphatic heterocycles. The largest absolute Gasteiger partial charge is 0.324 e. The first kappa shape index (κ1) is 16.3. The number of carbonyl (C=O) groups excluding carboxylic acids is 1. The fourth-order valence-corrected chi connectivity index (χ4v) is 2.54. The number of halogens is 1. The van der Waals surface area contributed by atoms with Gasteiger partial charge in [-0.25, -0.2) is 0 Å². The molecule has 0 fully saturated rings. The van der Waals surface area contributed by atoms with Gasteiger partial charge in [-0.15, -0.1) is 10.2 Å². The van der Waals surface area contributed by atoms with Crippen LogP contribution in [-0.4, -0.2) is 26.1 Å². The van der Waals surface area contributed by atoms with Gasteiger partial charge in [0.25, 0.3) is 0 Å². The van der Waals surface area contributed by atoms with Crippen molar-refractivity contribution in [2.75, 3.05) is 5.32 Å². The van der Waals surface area contributed by atoms with Crippen LogP contribution in [0.15, 0.2) is 46.9 Å². The van der Waals surface area contributed by atoms with Crippen LogP contribution in [0.2, 0.25) is 0 Å². The van der Waals surface area contributed by atoms with Crippen molar-refractivity contribution in [3.05, 3.63) is 58.1 Å². The van der Waals surface area contributed by atoms with Crippen LogP contribution in [-0.2, 0) is 11.3 Å². The predicted octanol–water partition coefficient (Wildman–Crippen LogP) is 3.36. The topological polar surface area (TPSA) is 72.7 Å². The van der Waals surface area contributed by atoms with Gasteiger partial charge in [-0.2, -0.15) is 4.80 Å². The van der Waals surface area contributed by atoms with Crippen molar-refractivity contribution in [1.82, 2.24) is 20.2 Å². The lowest BCUT2D eigenvalue weighted by Crippen LogP contribution is -2.20. The third-order valence-corrected chi connectivity index (χ3v) is 4.46. The quantitative estimate of drug-likeness (QED) is 0.747. The number of aryl methyl sites for hydroxylation is 2. The van der Waals surface area contributed by atoms with Crippen molar-refractivity contribution in [3.63, 3.8) is 0 Å². The molecular formula is C17H16BrN5O. The van der Waals surface area contributed by atoms with E-state index in [9.17, 15) is 4.79 Å². The smallest absolute Gasteiger partial charge is 0.248 e. The molecule has 3 rings (SSSR count). The van der Waals surface area contributed by atoms with Gasteiger partial charge in [0.2, 0.25) is 11.7 Å². The van der Waals surface area contributed by atoms with Crippen LogP contribution in [0.1, 0.15) is 11.1 Å². The lowest BCUT2D eigenvalue weighted by molar-refractivity contribution is -0.117. The Morgan fingerprint density at radius 1 is 1.17 bits per heavy atom. The Hall–Kier alpha value is -2.54. The number of carbonyl (C=O) groups is 1. The minimum absolute atomic E-state index is 0.00793. The molecule has 0 radical (unpaired) electrons. The van der Waals surface area contributed by atoms with Gasteiger partial charge >= 0.3 is 0 Å². The summed E-state index contributed by atoms with van der Waals surface area (Å²) < 4.78 is 1.00. The highest BCUT2D eigenvalue weighted by Crippen LogP contribution is 2.20. The monoisotopic (exact) mass is 385 g/mol. The molecule has 2 aromatic carbocycles. The standard InChI is InChI=1S/C17H16BrN5O/c1-11-5-3-4-6-14(11)17-20-22-23(21-17)10-16(24)19-13-7-8-15(18)12(2)9-13/h3-9H,10H2,1-2H3,(H,19,24). The molecule has 1 heterocycles. The SMILES string of the molecule is Cc1cc(NC(=O)Cn2nnc(-c3ccccc3C)n2)ccc1Br. The van der Waals surface area contributed by atoms with E-state index in [0.717, 1.165) is 26.9 Å². The normalized spacial score (nSPS) is 10.6. The maximum atomic E-state index is 12.1. The molecule has 1 aromatic heterocycles. The highest BCUT2D eigenvalue weighted by atomic mass is 79.9. The number of aromatic nitrogens is 4. The van der Waals surface area contributed by atoms with Crippen LogP contribution in [0, 0.1) is 13.8 Å². The van der Waals surface area contributed by atoms with E-state index in [1.165, 1.54) is 4.80 Å². The molecule has 0 saturated carbocycles. The van der Waals surface area contributed by atoms with Crippen LogP contribution < -0.4 is 5.32 Å². The molecule has 0 spiro atoms. The third-order valence-electron chi connectivity index (χ3n) is 3.57. The number of nitrogens with one attached hydrogen (secondary N) is 1. The van der Waals surface area contributed by atoms with Crippen molar-refractivity contribution < 1.29 is 4.79 Å². The Morgan fingerprint density at radius 3 is 2.71 bits per heavy atom. The summed E-state index contributed by atoms with van der Waals surface area (Å²) in [5, 5.41) is 15.1. The van der Waals surface area contributed by atoms with Crippen molar-refractivity contribution >= 4 is 27.5 Å². The maximum absolute atomic E-state index is 12.1. The number of hydrogen-bond donors (Lipinski definition) is 1. The molecule has 1 amide bonds. The zero-order chi connectivity index (χ0) is 17.1. The predicted molar refractivity (Wildman–Crippen MR) is 95.5 cm³/mol. The molecule has 3 aromatic rings. The van der Waals surface area contributed by atoms with Crippen LogP contribution in [0.3, 0.4) is 0 Å². The van der Waals surface area contributed by atoms with E-state index in [2.05, 4.69) is 36.7 Å². The van der Waals surface area contributed by atoms with Crippen molar-refractivity contribution in [1.29, 1.82) is 0 Å². The first-order valence-corrected chi connectivity index (χ1v) is 8.22. The third kappa shape index (κ3) is 3.68. The average Bonchev–Trinajstić information content (AvgIpc) is 2.99. The number of benzene rings is 2. The van der Waals surface area contributed by atoms with E-state index in [4.69, 9.17) is 0 Å². The van der Waals surface area contributed by atoms with E-state index in [1.807, 2.05) is 56.3 Å². The molecular weight excluding hydrogens is 370 g/mol. The fourth-order valence-electron chi connectivity index (χ4n) is 2.29. The van der Waals surface area contributed by atoms with Crippen molar-refractivity contribution in [2.24, 2.45) is 0 Å². The number of tetrazole rings is 1. The van der Waals surface area contributed by atoms with Gasteiger partial charge in [0.1, 0.15) is 6.54 Å². The summed E-state index contributed by atoms with van der Waals surface area (Å²) >= 11 is 3.44. The van der Waals surface area contributed by atoms with E-state index in [-0.39, 0.29) is 12.5 Å². The fraction of sp³-hybridized carbons (Fsp3) is 0.176. The minimum atomic E-state index is -0.203. The summed E-state index contributed by atoms with van der Waals surface area (Å²) in [6, 6.07) is 13.4. The van der Waals surface area contributed by atoms with Crippen molar-refractivity contribution in [3.8, 4) is 11.4 Å². The molecule has 122 valence electrons. The first-order chi connectivity index (χ1) is 11.5. The number of rotatable bonds is 4. The van der Waals surface area contributed by atoms with Gasteiger partial charge in [-0.05, 0) is 48.4 Å². The van der Waals surface area contributed by atoms with Gasteiger partial charge in [0.05, 0.1) is 0 Å². The van der Waals surface area contributed by atoms with Crippen LogP contribution >= 0.6 is 15.9 Å². The Kier molecular flexibility index (Phi) is 4.71. The van der Waals surface area contributed by atoms with Gasteiger partial charge in [0, 0.05) is 15.7 Å². The summed E-state index contributed by atoms with van der Waals surface area (Å²) in [4.78, 5) is 13.4. The van der Waals surface area contributed by atoms with Gasteiger partial charge in [-0.1, -0.05) is 40.2 Å². The number of amides is 1. The molecule has 0 unspecified atom stereocenters.